The number of ether oxygens (including phenoxy) is 3. The van der Waals surface area contributed by atoms with Crippen LogP contribution in [0.2, 0.25) is 0 Å². The summed E-state index contributed by atoms with van der Waals surface area (Å²) >= 11 is 0. The Morgan fingerprint density at radius 2 is 0.603 bits per heavy atom. The maximum Gasteiger partial charge on any atom is 0.306 e. The number of hydrogen-bond donors (Lipinski definition) is 0. The lowest BCUT2D eigenvalue weighted by molar-refractivity contribution is -0.167. The van der Waals surface area contributed by atoms with Crippen molar-refractivity contribution in [3.8, 4) is 0 Å². The summed E-state index contributed by atoms with van der Waals surface area (Å²) in [5.74, 6) is 0.827. The van der Waals surface area contributed by atoms with Crippen LogP contribution in [0.1, 0.15) is 317 Å². The molecule has 0 aromatic heterocycles. The molecule has 0 radical (unpaired) electrons. The van der Waals surface area contributed by atoms with Gasteiger partial charge in [-0.1, -0.05) is 279 Å². The number of rotatable bonds is 51. The second kappa shape index (κ2) is 49.8. The van der Waals surface area contributed by atoms with Gasteiger partial charge in [0.25, 0.3) is 0 Å². The molecule has 0 heterocycles. The van der Waals surface area contributed by atoms with E-state index in [0.29, 0.717) is 19.3 Å². The first-order valence-electron chi connectivity index (χ1n) is 28.3. The predicted octanol–water partition coefficient (Wildman–Crippen LogP) is 18.5. The lowest BCUT2D eigenvalue weighted by Crippen LogP contribution is -2.30. The summed E-state index contributed by atoms with van der Waals surface area (Å²) in [5.41, 5.74) is 0. The molecular formula is C57H110O6. The van der Waals surface area contributed by atoms with Crippen LogP contribution < -0.4 is 0 Å². The molecule has 374 valence electrons. The summed E-state index contributed by atoms with van der Waals surface area (Å²) in [4.78, 5) is 38.1. The van der Waals surface area contributed by atoms with Crippen molar-refractivity contribution in [2.45, 2.75) is 323 Å². The van der Waals surface area contributed by atoms with Gasteiger partial charge in [-0.05, 0) is 31.1 Å². The van der Waals surface area contributed by atoms with E-state index in [1.807, 2.05) is 0 Å². The van der Waals surface area contributed by atoms with E-state index in [2.05, 4.69) is 34.6 Å². The molecule has 0 aliphatic rings. The molecule has 0 saturated carbocycles. The molecule has 6 nitrogen and oxygen atoms in total. The van der Waals surface area contributed by atoms with Crippen LogP contribution in [0, 0.1) is 11.8 Å². The molecule has 0 N–H and O–H groups in total. The van der Waals surface area contributed by atoms with Gasteiger partial charge in [0.05, 0.1) is 0 Å². The van der Waals surface area contributed by atoms with E-state index in [9.17, 15) is 14.4 Å². The van der Waals surface area contributed by atoms with Crippen molar-refractivity contribution < 1.29 is 28.6 Å². The van der Waals surface area contributed by atoms with Crippen LogP contribution in [-0.2, 0) is 28.6 Å². The first-order valence-corrected chi connectivity index (χ1v) is 28.3. The normalized spacial score (nSPS) is 12.5. The molecule has 0 aromatic rings. The van der Waals surface area contributed by atoms with Crippen molar-refractivity contribution >= 4 is 17.9 Å². The van der Waals surface area contributed by atoms with Crippen LogP contribution in [-0.4, -0.2) is 37.2 Å². The Bertz CT molecular complexity index is 964. The average molecular weight is 892 g/mol. The summed E-state index contributed by atoms with van der Waals surface area (Å²) in [5, 5.41) is 0. The summed E-state index contributed by atoms with van der Waals surface area (Å²) in [7, 11) is 0. The second-order valence-electron chi connectivity index (χ2n) is 20.3. The summed E-state index contributed by atoms with van der Waals surface area (Å²) in [6.45, 7) is 11.4. The Labute approximate surface area is 393 Å². The van der Waals surface area contributed by atoms with Crippen molar-refractivity contribution in [2.75, 3.05) is 13.2 Å². The van der Waals surface area contributed by atoms with Gasteiger partial charge in [-0.15, -0.1) is 0 Å². The zero-order chi connectivity index (χ0) is 46.1. The number of carbonyl (C=O) groups is 3. The molecule has 0 amide bonds. The van der Waals surface area contributed by atoms with Gasteiger partial charge in [0.15, 0.2) is 6.10 Å². The largest absolute Gasteiger partial charge is 0.462 e. The first-order chi connectivity index (χ1) is 30.8. The lowest BCUT2D eigenvalue weighted by Gasteiger charge is -2.18. The highest BCUT2D eigenvalue weighted by molar-refractivity contribution is 5.71. The quantitative estimate of drug-likeness (QED) is 0.0344. The topological polar surface area (TPSA) is 78.9 Å². The average Bonchev–Trinajstić information content (AvgIpc) is 3.27. The first kappa shape index (κ1) is 61.4. The third-order valence-electron chi connectivity index (χ3n) is 13.3. The van der Waals surface area contributed by atoms with Crippen LogP contribution in [0.4, 0.5) is 0 Å². The van der Waals surface area contributed by atoms with Gasteiger partial charge in [0.1, 0.15) is 13.2 Å². The second-order valence-corrected chi connectivity index (χ2v) is 20.3. The number of carbonyl (C=O) groups excluding carboxylic acids is 3. The highest BCUT2D eigenvalue weighted by Gasteiger charge is 2.19. The molecular weight excluding hydrogens is 781 g/mol. The Morgan fingerprint density at radius 3 is 0.905 bits per heavy atom. The van der Waals surface area contributed by atoms with Gasteiger partial charge in [-0.25, -0.2) is 0 Å². The van der Waals surface area contributed by atoms with Gasteiger partial charge in [0, 0.05) is 19.3 Å². The monoisotopic (exact) mass is 891 g/mol. The van der Waals surface area contributed by atoms with E-state index in [4.69, 9.17) is 14.2 Å². The fourth-order valence-electron chi connectivity index (χ4n) is 8.66. The molecule has 0 saturated heterocycles. The highest BCUT2D eigenvalue weighted by atomic mass is 16.6. The molecule has 0 aliphatic carbocycles. The van der Waals surface area contributed by atoms with E-state index < -0.39 is 6.10 Å². The van der Waals surface area contributed by atoms with Crippen molar-refractivity contribution in [1.82, 2.24) is 0 Å². The third-order valence-corrected chi connectivity index (χ3v) is 13.3. The fraction of sp³-hybridized carbons (Fsp3) is 0.947. The fourth-order valence-corrected chi connectivity index (χ4v) is 8.66. The van der Waals surface area contributed by atoms with Crippen molar-refractivity contribution in [2.24, 2.45) is 11.8 Å². The minimum absolute atomic E-state index is 0.0635. The predicted molar refractivity (Wildman–Crippen MR) is 270 cm³/mol. The Kier molecular flexibility index (Phi) is 48.6. The Morgan fingerprint density at radius 1 is 0.333 bits per heavy atom. The SMILES string of the molecule is CCCCCCCCCCCCCCCCCCCCCC(=O)OC[C@@H](COC(=O)CCCCCCCCCCCCCC(C)C)OC(=O)CCCCCCCCCCC(C)CC. The molecule has 6 heteroatoms. The van der Waals surface area contributed by atoms with Crippen LogP contribution in [0.15, 0.2) is 0 Å². The van der Waals surface area contributed by atoms with Gasteiger partial charge < -0.3 is 14.2 Å². The zero-order valence-corrected chi connectivity index (χ0v) is 43.2. The van der Waals surface area contributed by atoms with Crippen LogP contribution in [0.25, 0.3) is 0 Å². The zero-order valence-electron chi connectivity index (χ0n) is 43.2. The van der Waals surface area contributed by atoms with Crippen LogP contribution >= 0.6 is 0 Å². The molecule has 0 fully saturated rings. The van der Waals surface area contributed by atoms with Gasteiger partial charge in [-0.2, -0.15) is 0 Å². The minimum atomic E-state index is -0.763. The lowest BCUT2D eigenvalue weighted by atomic mass is 9.99. The molecule has 0 aliphatic heterocycles. The molecule has 0 rings (SSSR count). The molecule has 0 bridgehead atoms. The third kappa shape index (κ3) is 49.7. The number of hydrogen-bond acceptors (Lipinski definition) is 6. The number of esters is 3. The van der Waals surface area contributed by atoms with E-state index >= 15 is 0 Å². The van der Waals surface area contributed by atoms with E-state index in [1.165, 1.54) is 205 Å². The van der Waals surface area contributed by atoms with E-state index in [-0.39, 0.29) is 31.1 Å². The van der Waals surface area contributed by atoms with Gasteiger partial charge in [-0.3, -0.25) is 14.4 Å². The van der Waals surface area contributed by atoms with Crippen molar-refractivity contribution in [3.63, 3.8) is 0 Å². The standard InChI is InChI=1S/C57H110O6/c1-6-8-9-10-11-12-13-14-15-16-17-18-19-20-23-26-32-37-42-47-55(58)61-50-54(63-57(60)49-44-39-34-29-28-31-36-41-46-53(5)7-2)51-62-56(59)48-43-38-33-27-24-21-22-25-30-35-40-45-52(3)4/h52-54H,6-51H2,1-5H3/t53?,54-/m0/s1. The summed E-state index contributed by atoms with van der Waals surface area (Å²) in [6.07, 6.45) is 52.3. The molecule has 2 atom stereocenters. The summed E-state index contributed by atoms with van der Waals surface area (Å²) in [6, 6.07) is 0. The highest BCUT2D eigenvalue weighted by Crippen LogP contribution is 2.18. The van der Waals surface area contributed by atoms with Crippen molar-refractivity contribution in [3.05, 3.63) is 0 Å². The van der Waals surface area contributed by atoms with Crippen LogP contribution in [0.3, 0.4) is 0 Å². The molecule has 0 aromatic carbocycles. The van der Waals surface area contributed by atoms with Crippen molar-refractivity contribution in [1.29, 1.82) is 0 Å². The maximum atomic E-state index is 12.8. The smallest absolute Gasteiger partial charge is 0.306 e. The maximum absolute atomic E-state index is 12.8. The molecule has 1 unspecified atom stereocenters. The van der Waals surface area contributed by atoms with Gasteiger partial charge in [0.2, 0.25) is 0 Å². The molecule has 63 heavy (non-hydrogen) atoms. The molecule has 0 spiro atoms. The Balaban J connectivity index is 4.26. The minimum Gasteiger partial charge on any atom is -0.462 e. The van der Waals surface area contributed by atoms with Crippen LogP contribution in [0.5, 0.6) is 0 Å². The Hall–Kier alpha value is -1.59. The summed E-state index contributed by atoms with van der Waals surface area (Å²) < 4.78 is 16.9. The van der Waals surface area contributed by atoms with E-state index in [1.54, 1.807) is 0 Å². The number of unbranched alkanes of at least 4 members (excludes halogenated alkanes) is 35. The van der Waals surface area contributed by atoms with E-state index in [0.717, 1.165) is 69.6 Å². The van der Waals surface area contributed by atoms with Gasteiger partial charge >= 0.3 is 17.9 Å².